The SMILES string of the molecule is CC(C)C1CN(c2ccc(N3CCCC3)cc2)C(C)CN1. The summed E-state index contributed by atoms with van der Waals surface area (Å²) in [5, 5.41) is 3.67. The number of benzene rings is 1. The lowest BCUT2D eigenvalue weighted by Gasteiger charge is -2.42. The molecular weight excluding hydrogens is 258 g/mol. The lowest BCUT2D eigenvalue weighted by molar-refractivity contribution is 0.337. The molecule has 1 aromatic rings. The zero-order valence-electron chi connectivity index (χ0n) is 13.7. The van der Waals surface area contributed by atoms with E-state index < -0.39 is 0 Å². The van der Waals surface area contributed by atoms with E-state index in [2.05, 4.69) is 60.2 Å². The summed E-state index contributed by atoms with van der Waals surface area (Å²) < 4.78 is 0. The number of nitrogens with zero attached hydrogens (tertiary/aromatic N) is 2. The van der Waals surface area contributed by atoms with Crippen LogP contribution in [0, 0.1) is 5.92 Å². The number of piperazine rings is 1. The normalized spacial score (nSPS) is 26.7. The predicted molar refractivity (Wildman–Crippen MR) is 91.3 cm³/mol. The van der Waals surface area contributed by atoms with Crippen LogP contribution in [0.5, 0.6) is 0 Å². The van der Waals surface area contributed by atoms with Crippen LogP contribution < -0.4 is 15.1 Å². The summed E-state index contributed by atoms with van der Waals surface area (Å²) >= 11 is 0. The van der Waals surface area contributed by atoms with Gasteiger partial charge in [-0.05, 0) is 49.9 Å². The van der Waals surface area contributed by atoms with Gasteiger partial charge in [-0.2, -0.15) is 0 Å². The Balaban J connectivity index is 1.72. The fraction of sp³-hybridized carbons (Fsp3) is 0.667. The summed E-state index contributed by atoms with van der Waals surface area (Å²) in [6, 6.07) is 10.4. The predicted octanol–water partition coefficient (Wildman–Crippen LogP) is 3.11. The third kappa shape index (κ3) is 3.18. The van der Waals surface area contributed by atoms with E-state index in [1.54, 1.807) is 0 Å². The highest BCUT2D eigenvalue weighted by Crippen LogP contribution is 2.26. The lowest BCUT2D eigenvalue weighted by Crippen LogP contribution is -2.57. The van der Waals surface area contributed by atoms with Crippen molar-refractivity contribution in [2.75, 3.05) is 36.0 Å². The Kier molecular flexibility index (Phi) is 4.39. The maximum atomic E-state index is 3.67. The van der Waals surface area contributed by atoms with Crippen LogP contribution in [0.1, 0.15) is 33.6 Å². The topological polar surface area (TPSA) is 18.5 Å². The molecule has 21 heavy (non-hydrogen) atoms. The fourth-order valence-corrected chi connectivity index (χ4v) is 3.53. The van der Waals surface area contributed by atoms with E-state index in [1.807, 2.05) is 0 Å². The first-order chi connectivity index (χ1) is 10.1. The van der Waals surface area contributed by atoms with Gasteiger partial charge in [0, 0.05) is 49.6 Å². The van der Waals surface area contributed by atoms with Crippen LogP contribution in [0.4, 0.5) is 11.4 Å². The maximum Gasteiger partial charge on any atom is 0.0387 e. The van der Waals surface area contributed by atoms with Gasteiger partial charge in [-0.1, -0.05) is 13.8 Å². The first-order valence-electron chi connectivity index (χ1n) is 8.50. The molecule has 2 heterocycles. The number of anilines is 2. The molecule has 0 aliphatic carbocycles. The summed E-state index contributed by atoms with van der Waals surface area (Å²) in [6.45, 7) is 11.6. The van der Waals surface area contributed by atoms with Gasteiger partial charge in [0.1, 0.15) is 0 Å². The smallest absolute Gasteiger partial charge is 0.0387 e. The molecule has 1 aromatic carbocycles. The first kappa shape index (κ1) is 14.7. The molecule has 3 heteroatoms. The van der Waals surface area contributed by atoms with Crippen molar-refractivity contribution in [1.82, 2.24) is 5.32 Å². The van der Waals surface area contributed by atoms with Crippen LogP contribution in [0.15, 0.2) is 24.3 Å². The Morgan fingerprint density at radius 2 is 1.67 bits per heavy atom. The standard InChI is InChI=1S/C18H29N3/c1-14(2)18-13-21(15(3)12-19-18)17-8-6-16(7-9-17)20-10-4-5-11-20/h6-9,14-15,18-19H,4-5,10-13H2,1-3H3. The Bertz CT molecular complexity index is 448. The molecule has 2 aliphatic heterocycles. The minimum absolute atomic E-state index is 0.567. The highest BCUT2D eigenvalue weighted by molar-refractivity contribution is 5.57. The van der Waals surface area contributed by atoms with Gasteiger partial charge in [0.15, 0.2) is 0 Å². The number of rotatable bonds is 3. The minimum Gasteiger partial charge on any atom is -0.372 e. The second-order valence-electron chi connectivity index (χ2n) is 6.97. The molecular formula is C18H29N3. The molecule has 2 saturated heterocycles. The molecule has 2 fully saturated rings. The van der Waals surface area contributed by atoms with Gasteiger partial charge < -0.3 is 15.1 Å². The molecule has 0 aromatic heterocycles. The van der Waals surface area contributed by atoms with Crippen molar-refractivity contribution in [2.45, 2.75) is 45.7 Å². The van der Waals surface area contributed by atoms with Crippen LogP contribution in [0.25, 0.3) is 0 Å². The van der Waals surface area contributed by atoms with Crippen LogP contribution in [-0.2, 0) is 0 Å². The molecule has 116 valence electrons. The van der Waals surface area contributed by atoms with Crippen LogP contribution in [-0.4, -0.2) is 38.3 Å². The van der Waals surface area contributed by atoms with Gasteiger partial charge in [-0.25, -0.2) is 0 Å². The first-order valence-corrected chi connectivity index (χ1v) is 8.50. The molecule has 0 bridgehead atoms. The van der Waals surface area contributed by atoms with E-state index in [-0.39, 0.29) is 0 Å². The van der Waals surface area contributed by atoms with E-state index in [9.17, 15) is 0 Å². The Labute approximate surface area is 129 Å². The second kappa shape index (κ2) is 6.27. The monoisotopic (exact) mass is 287 g/mol. The molecule has 3 rings (SSSR count). The average molecular weight is 287 g/mol. The molecule has 0 saturated carbocycles. The van der Waals surface area contributed by atoms with E-state index in [0.29, 0.717) is 18.0 Å². The summed E-state index contributed by atoms with van der Waals surface area (Å²) in [7, 11) is 0. The largest absolute Gasteiger partial charge is 0.372 e. The molecule has 0 radical (unpaired) electrons. The Morgan fingerprint density at radius 1 is 1.05 bits per heavy atom. The summed E-state index contributed by atoms with van der Waals surface area (Å²) in [5.74, 6) is 0.684. The molecule has 2 atom stereocenters. The quantitative estimate of drug-likeness (QED) is 0.921. The van der Waals surface area contributed by atoms with E-state index in [1.165, 1.54) is 37.3 Å². The third-order valence-electron chi connectivity index (χ3n) is 5.06. The van der Waals surface area contributed by atoms with E-state index in [4.69, 9.17) is 0 Å². The van der Waals surface area contributed by atoms with Crippen LogP contribution >= 0.6 is 0 Å². The molecule has 0 spiro atoms. The second-order valence-corrected chi connectivity index (χ2v) is 6.97. The summed E-state index contributed by atoms with van der Waals surface area (Å²) in [5.41, 5.74) is 2.76. The zero-order chi connectivity index (χ0) is 14.8. The molecule has 0 amide bonds. The van der Waals surface area contributed by atoms with Crippen molar-refractivity contribution in [3.8, 4) is 0 Å². The van der Waals surface area contributed by atoms with Gasteiger partial charge in [0.05, 0.1) is 0 Å². The number of hydrogen-bond donors (Lipinski definition) is 1. The van der Waals surface area contributed by atoms with Crippen LogP contribution in [0.3, 0.4) is 0 Å². The molecule has 2 unspecified atom stereocenters. The van der Waals surface area contributed by atoms with Crippen molar-refractivity contribution >= 4 is 11.4 Å². The maximum absolute atomic E-state index is 3.67. The minimum atomic E-state index is 0.567. The van der Waals surface area contributed by atoms with Gasteiger partial charge in [0.2, 0.25) is 0 Å². The van der Waals surface area contributed by atoms with Crippen molar-refractivity contribution in [3.05, 3.63) is 24.3 Å². The summed E-state index contributed by atoms with van der Waals surface area (Å²) in [4.78, 5) is 5.07. The fourth-order valence-electron chi connectivity index (χ4n) is 3.53. The van der Waals surface area contributed by atoms with Gasteiger partial charge in [-0.15, -0.1) is 0 Å². The van der Waals surface area contributed by atoms with Gasteiger partial charge in [-0.3, -0.25) is 0 Å². The molecule has 1 N–H and O–H groups in total. The zero-order valence-corrected chi connectivity index (χ0v) is 13.7. The third-order valence-corrected chi connectivity index (χ3v) is 5.06. The Hall–Kier alpha value is -1.22. The molecule has 2 aliphatic rings. The number of hydrogen-bond acceptors (Lipinski definition) is 3. The highest BCUT2D eigenvalue weighted by atomic mass is 15.2. The summed E-state index contributed by atoms with van der Waals surface area (Å²) in [6.07, 6.45) is 2.68. The average Bonchev–Trinajstić information content (AvgIpc) is 3.02. The van der Waals surface area contributed by atoms with Crippen molar-refractivity contribution in [2.24, 2.45) is 5.92 Å². The Morgan fingerprint density at radius 3 is 2.29 bits per heavy atom. The van der Waals surface area contributed by atoms with Gasteiger partial charge >= 0.3 is 0 Å². The van der Waals surface area contributed by atoms with E-state index >= 15 is 0 Å². The van der Waals surface area contributed by atoms with Crippen molar-refractivity contribution in [3.63, 3.8) is 0 Å². The lowest BCUT2D eigenvalue weighted by atomic mass is 9.99. The van der Waals surface area contributed by atoms with Crippen molar-refractivity contribution < 1.29 is 0 Å². The van der Waals surface area contributed by atoms with E-state index in [0.717, 1.165) is 13.1 Å². The van der Waals surface area contributed by atoms with Crippen molar-refractivity contribution in [1.29, 1.82) is 0 Å². The number of nitrogens with one attached hydrogen (secondary N) is 1. The van der Waals surface area contributed by atoms with Crippen LogP contribution in [0.2, 0.25) is 0 Å². The van der Waals surface area contributed by atoms with Gasteiger partial charge in [0.25, 0.3) is 0 Å². The highest BCUT2D eigenvalue weighted by Gasteiger charge is 2.26. The molecule has 3 nitrogen and oxygen atoms in total.